The highest BCUT2D eigenvalue weighted by molar-refractivity contribution is 7.89. The van der Waals surface area contributed by atoms with Crippen molar-refractivity contribution in [1.29, 1.82) is 0 Å². The van der Waals surface area contributed by atoms with E-state index in [1.165, 1.54) is 34.1 Å². The Balaban J connectivity index is 1.81. The number of amides is 1. The van der Waals surface area contributed by atoms with Crippen molar-refractivity contribution in [3.63, 3.8) is 0 Å². The number of likely N-dealkylation sites (N-methyl/N-ethyl adjacent to an activating group) is 1. The summed E-state index contributed by atoms with van der Waals surface area (Å²) in [5.41, 5.74) is -1.09. The van der Waals surface area contributed by atoms with Gasteiger partial charge in [-0.15, -0.1) is 4.41 Å². The number of benzene rings is 2. The Hall–Kier alpha value is -3.20. The van der Waals surface area contributed by atoms with E-state index in [1.54, 1.807) is 30.3 Å². The van der Waals surface area contributed by atoms with Crippen LogP contribution in [0.1, 0.15) is 48.7 Å². The Morgan fingerprint density at radius 3 is 2.07 bits per heavy atom. The van der Waals surface area contributed by atoms with E-state index in [1.807, 2.05) is 0 Å². The number of hydrogen-bond acceptors (Lipinski definition) is 5. The zero-order chi connectivity index (χ0) is 32.1. The largest absolute Gasteiger partial charge is 0.416 e. The van der Waals surface area contributed by atoms with Gasteiger partial charge in [0.2, 0.25) is 15.9 Å². The quantitative estimate of drug-likeness (QED) is 0.316. The normalized spacial score (nSPS) is 18.0. The summed E-state index contributed by atoms with van der Waals surface area (Å²) in [6, 6.07) is 8.82. The zero-order valence-corrected chi connectivity index (χ0v) is 24.9. The van der Waals surface area contributed by atoms with E-state index in [4.69, 9.17) is 11.6 Å². The summed E-state index contributed by atoms with van der Waals surface area (Å²) in [6.07, 6.45) is -8.64. The number of nitrogens with one attached hydrogen (secondary N) is 1. The van der Waals surface area contributed by atoms with E-state index < -0.39 is 56.4 Å². The molecule has 2 heterocycles. The third kappa shape index (κ3) is 6.66. The van der Waals surface area contributed by atoms with Crippen LogP contribution in [0.4, 0.5) is 32.0 Å². The smallest absolute Gasteiger partial charge is 0.313 e. The van der Waals surface area contributed by atoms with Crippen molar-refractivity contribution in [3.8, 4) is 11.1 Å². The Bertz CT molecular complexity index is 1630. The SMILES string of the molecule is CN(C(=O)C(C)(C)c1cc(C(F)(F)F)cc(C(F)(F)F)c1)c1cnc(C2CCS(=O)(=O)N(C)N2)cc1-c1ccccc1Cl. The number of anilines is 1. The van der Waals surface area contributed by atoms with Crippen LogP contribution in [0.5, 0.6) is 0 Å². The summed E-state index contributed by atoms with van der Waals surface area (Å²) in [6.45, 7) is 2.47. The molecule has 1 unspecified atom stereocenters. The van der Waals surface area contributed by atoms with Gasteiger partial charge in [-0.05, 0) is 56.2 Å². The summed E-state index contributed by atoms with van der Waals surface area (Å²) in [5.74, 6) is -0.959. The van der Waals surface area contributed by atoms with E-state index >= 15 is 0 Å². The fourth-order valence-electron chi connectivity index (χ4n) is 4.77. The van der Waals surface area contributed by atoms with Crippen molar-refractivity contribution in [2.24, 2.45) is 0 Å². The molecule has 1 N–H and O–H groups in total. The number of alkyl halides is 6. The predicted octanol–water partition coefficient (Wildman–Crippen LogP) is 6.59. The van der Waals surface area contributed by atoms with Gasteiger partial charge in [0.25, 0.3) is 0 Å². The number of pyridine rings is 1. The van der Waals surface area contributed by atoms with Gasteiger partial charge in [0, 0.05) is 30.2 Å². The van der Waals surface area contributed by atoms with Crippen LogP contribution in [0, 0.1) is 0 Å². The van der Waals surface area contributed by atoms with Crippen LogP contribution in [0.3, 0.4) is 0 Å². The first kappa shape index (κ1) is 32.7. The van der Waals surface area contributed by atoms with Gasteiger partial charge in [0.05, 0.1) is 45.9 Å². The number of aromatic nitrogens is 1. The first-order valence-corrected chi connectivity index (χ1v) is 14.8. The lowest BCUT2D eigenvalue weighted by molar-refractivity contribution is -0.143. The molecule has 7 nitrogen and oxygen atoms in total. The fourth-order valence-corrected chi connectivity index (χ4v) is 6.10. The number of hydrazine groups is 1. The zero-order valence-electron chi connectivity index (χ0n) is 23.3. The number of hydrogen-bond donors (Lipinski definition) is 1. The fraction of sp³-hybridized carbons (Fsp3) is 0.357. The molecule has 43 heavy (non-hydrogen) atoms. The highest BCUT2D eigenvalue weighted by Crippen LogP contribution is 2.41. The topological polar surface area (TPSA) is 82.6 Å². The lowest BCUT2D eigenvalue weighted by atomic mass is 9.81. The minimum atomic E-state index is -5.08. The molecule has 2 aromatic carbocycles. The molecule has 1 amide bonds. The van der Waals surface area contributed by atoms with Crippen molar-refractivity contribution in [2.75, 3.05) is 24.7 Å². The molecular formula is C28H27ClF6N4O3S. The predicted molar refractivity (Wildman–Crippen MR) is 150 cm³/mol. The summed E-state index contributed by atoms with van der Waals surface area (Å²) in [7, 11) is -0.802. The maximum atomic E-state index is 13.9. The van der Waals surface area contributed by atoms with Crippen LogP contribution in [-0.2, 0) is 32.6 Å². The number of carbonyl (C=O) groups excluding carboxylic acids is 1. The molecule has 232 valence electrons. The van der Waals surface area contributed by atoms with Gasteiger partial charge in [0.1, 0.15) is 0 Å². The molecule has 1 fully saturated rings. The first-order valence-electron chi connectivity index (χ1n) is 12.8. The van der Waals surface area contributed by atoms with Gasteiger partial charge in [-0.25, -0.2) is 13.8 Å². The van der Waals surface area contributed by atoms with E-state index in [2.05, 4.69) is 10.4 Å². The molecule has 1 aliphatic rings. The van der Waals surface area contributed by atoms with Crippen LogP contribution in [-0.4, -0.2) is 43.6 Å². The average Bonchev–Trinajstić information content (AvgIpc) is 2.92. The number of sulfonamides is 1. The van der Waals surface area contributed by atoms with Crippen molar-refractivity contribution in [3.05, 3.63) is 82.1 Å². The van der Waals surface area contributed by atoms with E-state index in [9.17, 15) is 39.6 Å². The number of rotatable bonds is 5. The molecule has 0 aliphatic carbocycles. The number of nitrogens with zero attached hydrogens (tertiary/aromatic N) is 3. The maximum absolute atomic E-state index is 13.9. The molecule has 0 spiro atoms. The lowest BCUT2D eigenvalue weighted by Crippen LogP contribution is -2.48. The Morgan fingerprint density at radius 2 is 1.53 bits per heavy atom. The van der Waals surface area contributed by atoms with Gasteiger partial charge >= 0.3 is 12.4 Å². The van der Waals surface area contributed by atoms with Crippen molar-refractivity contribution in [2.45, 2.75) is 44.1 Å². The molecular weight excluding hydrogens is 622 g/mol. The number of carbonyl (C=O) groups is 1. The van der Waals surface area contributed by atoms with Crippen molar-refractivity contribution < 1.29 is 39.6 Å². The Morgan fingerprint density at radius 1 is 0.977 bits per heavy atom. The summed E-state index contributed by atoms with van der Waals surface area (Å²) in [4.78, 5) is 19.4. The van der Waals surface area contributed by atoms with Crippen LogP contribution in [0.25, 0.3) is 11.1 Å². The standard InChI is InChI=1S/C28H27ClF6N4O3S/c1-26(2,16-11-17(27(30,31)32)13-18(12-16)28(33,34)35)25(40)38(3)24-15-36-23(22-9-10-43(41,42)39(4)37-22)14-20(24)19-7-5-6-8-21(19)29/h5-8,11-15,22,37H,9-10H2,1-4H3. The third-order valence-electron chi connectivity index (χ3n) is 7.35. The highest BCUT2D eigenvalue weighted by Gasteiger charge is 2.41. The molecule has 1 atom stereocenters. The van der Waals surface area contributed by atoms with Gasteiger partial charge in [0.15, 0.2) is 0 Å². The second-order valence-corrected chi connectivity index (χ2v) is 13.2. The van der Waals surface area contributed by atoms with Crippen LogP contribution in [0.2, 0.25) is 5.02 Å². The lowest BCUT2D eigenvalue weighted by Gasteiger charge is -2.33. The van der Waals surface area contributed by atoms with Crippen molar-refractivity contribution >= 4 is 33.2 Å². The molecule has 0 saturated carbocycles. The highest BCUT2D eigenvalue weighted by atomic mass is 35.5. The monoisotopic (exact) mass is 648 g/mol. The summed E-state index contributed by atoms with van der Waals surface area (Å²) in [5, 5.41) is 0.296. The maximum Gasteiger partial charge on any atom is 0.416 e. The van der Waals surface area contributed by atoms with Gasteiger partial charge in [-0.2, -0.15) is 26.3 Å². The van der Waals surface area contributed by atoms with E-state index in [-0.39, 0.29) is 23.9 Å². The average molecular weight is 649 g/mol. The number of halogens is 7. The minimum absolute atomic E-state index is 0.00782. The van der Waals surface area contributed by atoms with Crippen molar-refractivity contribution in [1.82, 2.24) is 14.8 Å². The molecule has 1 aromatic heterocycles. The molecule has 1 saturated heterocycles. The first-order chi connectivity index (χ1) is 19.7. The summed E-state index contributed by atoms with van der Waals surface area (Å²) >= 11 is 6.48. The minimum Gasteiger partial charge on any atom is -0.313 e. The molecule has 1 aliphatic heterocycles. The van der Waals surface area contributed by atoms with Crippen LogP contribution in [0.15, 0.2) is 54.7 Å². The molecule has 4 rings (SSSR count). The molecule has 15 heteroatoms. The second kappa shape index (κ2) is 11.4. The van der Waals surface area contributed by atoms with Crippen LogP contribution < -0.4 is 10.3 Å². The van der Waals surface area contributed by atoms with Gasteiger partial charge in [-0.3, -0.25) is 9.78 Å². The molecule has 0 bridgehead atoms. The second-order valence-electron chi connectivity index (χ2n) is 10.6. The van der Waals surface area contributed by atoms with Gasteiger partial charge in [-0.1, -0.05) is 29.8 Å². The van der Waals surface area contributed by atoms with Crippen LogP contribution >= 0.6 is 11.6 Å². The molecule has 3 aromatic rings. The molecule has 0 radical (unpaired) electrons. The van der Waals surface area contributed by atoms with E-state index in [0.29, 0.717) is 34.0 Å². The third-order valence-corrected chi connectivity index (χ3v) is 9.38. The Labute approximate surface area is 249 Å². The summed E-state index contributed by atoms with van der Waals surface area (Å²) < 4.78 is 107. The van der Waals surface area contributed by atoms with Gasteiger partial charge < -0.3 is 4.90 Å². The Kier molecular flexibility index (Phi) is 8.66. The van der Waals surface area contributed by atoms with E-state index in [0.717, 1.165) is 9.31 Å².